The van der Waals surface area contributed by atoms with Crippen LogP contribution in [-0.2, 0) is 24.2 Å². The first kappa shape index (κ1) is 20.1. The van der Waals surface area contributed by atoms with Crippen molar-refractivity contribution < 1.29 is 4.79 Å². The maximum atomic E-state index is 12.6. The second-order valence-corrected chi connectivity index (χ2v) is 9.76. The fourth-order valence-corrected chi connectivity index (χ4v) is 6.45. The molecule has 150 valence electrons. The van der Waals surface area contributed by atoms with E-state index >= 15 is 0 Å². The van der Waals surface area contributed by atoms with E-state index in [9.17, 15) is 14.9 Å². The third kappa shape index (κ3) is 3.97. The van der Waals surface area contributed by atoms with E-state index in [1.165, 1.54) is 45.7 Å². The molecule has 0 aliphatic heterocycles. The van der Waals surface area contributed by atoms with Crippen molar-refractivity contribution in [3.8, 4) is 6.07 Å². The van der Waals surface area contributed by atoms with Crippen molar-refractivity contribution in [2.45, 2.75) is 50.7 Å². The van der Waals surface area contributed by atoms with Crippen LogP contribution in [0.25, 0.3) is 10.2 Å². The van der Waals surface area contributed by atoms with Crippen molar-refractivity contribution in [1.82, 2.24) is 9.55 Å². The lowest BCUT2D eigenvalue weighted by Crippen LogP contribution is -2.22. The Morgan fingerprint density at radius 3 is 3.00 bits per heavy atom. The fraction of sp³-hybridized carbons (Fsp3) is 0.400. The summed E-state index contributed by atoms with van der Waals surface area (Å²) in [7, 11) is 0. The van der Waals surface area contributed by atoms with E-state index in [4.69, 9.17) is 0 Å². The number of carbonyl (C=O) groups is 1. The molecule has 1 N–H and O–H groups in total. The molecule has 0 spiro atoms. The highest BCUT2D eigenvalue weighted by Crippen LogP contribution is 2.37. The van der Waals surface area contributed by atoms with Crippen LogP contribution in [0.1, 0.15) is 42.2 Å². The Morgan fingerprint density at radius 2 is 2.21 bits per heavy atom. The van der Waals surface area contributed by atoms with Gasteiger partial charge in [0.05, 0.1) is 16.8 Å². The Morgan fingerprint density at radius 1 is 1.38 bits per heavy atom. The maximum absolute atomic E-state index is 12.6. The number of hydrogen-bond donors (Lipinski definition) is 1. The molecule has 0 aromatic carbocycles. The Balaban J connectivity index is 1.51. The van der Waals surface area contributed by atoms with Gasteiger partial charge in [-0.2, -0.15) is 5.26 Å². The number of thiophene rings is 2. The topological polar surface area (TPSA) is 87.8 Å². The standard InChI is InChI=1S/C20H20N4O2S3/c1-2-24-19(26)17-14(8-9-27-17)22-20(24)28-11-16(25)23-18-13(10-21)12-6-4-3-5-7-15(12)29-18/h8-9H,2-7,11H2,1H3,(H,23,25). The number of carbonyl (C=O) groups excluding carboxylic acids is 1. The molecule has 6 nitrogen and oxygen atoms in total. The Kier molecular flexibility index (Phi) is 6.04. The Labute approximate surface area is 180 Å². The SMILES string of the molecule is CCn1c(SCC(=O)Nc2sc3c(c2C#N)CCCCC3)nc2ccsc2c1=O. The average molecular weight is 445 g/mol. The molecule has 1 aliphatic carbocycles. The van der Waals surface area contributed by atoms with Crippen LogP contribution >= 0.6 is 34.4 Å². The molecule has 9 heteroatoms. The van der Waals surface area contributed by atoms with Gasteiger partial charge in [-0.3, -0.25) is 14.2 Å². The van der Waals surface area contributed by atoms with Crippen molar-refractivity contribution in [2.75, 3.05) is 11.1 Å². The molecule has 0 radical (unpaired) electrons. The normalized spacial score (nSPS) is 13.7. The van der Waals surface area contributed by atoms with Gasteiger partial charge in [-0.25, -0.2) is 4.98 Å². The molecule has 3 aromatic heterocycles. The monoisotopic (exact) mass is 444 g/mol. The van der Waals surface area contributed by atoms with E-state index in [0.717, 1.165) is 31.2 Å². The smallest absolute Gasteiger partial charge is 0.272 e. The molecular weight excluding hydrogens is 424 g/mol. The summed E-state index contributed by atoms with van der Waals surface area (Å²) in [5.41, 5.74) is 2.33. The second kappa shape index (κ2) is 8.69. The number of hydrogen-bond acceptors (Lipinski definition) is 7. The zero-order valence-electron chi connectivity index (χ0n) is 16.0. The van der Waals surface area contributed by atoms with Gasteiger partial charge >= 0.3 is 0 Å². The van der Waals surface area contributed by atoms with Crippen molar-refractivity contribution in [2.24, 2.45) is 0 Å². The number of aryl methyl sites for hydroxylation is 1. The lowest BCUT2D eigenvalue weighted by atomic mass is 10.1. The van der Waals surface area contributed by atoms with Crippen LogP contribution in [0.5, 0.6) is 0 Å². The molecule has 4 rings (SSSR count). The molecule has 0 saturated carbocycles. The molecule has 1 aliphatic rings. The number of nitrogens with zero attached hydrogens (tertiary/aromatic N) is 3. The van der Waals surface area contributed by atoms with Crippen molar-refractivity contribution >= 4 is 55.6 Å². The summed E-state index contributed by atoms with van der Waals surface area (Å²) >= 11 is 4.16. The largest absolute Gasteiger partial charge is 0.316 e. The summed E-state index contributed by atoms with van der Waals surface area (Å²) in [5.74, 6) is -0.0552. The van der Waals surface area contributed by atoms with E-state index in [2.05, 4.69) is 16.4 Å². The summed E-state index contributed by atoms with van der Waals surface area (Å²) in [5, 5.41) is 15.6. The zero-order chi connectivity index (χ0) is 20.4. The molecular formula is C20H20N4O2S3. The van der Waals surface area contributed by atoms with Crippen LogP contribution in [0.4, 0.5) is 5.00 Å². The average Bonchev–Trinajstić information content (AvgIpc) is 3.24. The fourth-order valence-electron chi connectivity index (χ4n) is 3.55. The molecule has 0 atom stereocenters. The van der Waals surface area contributed by atoms with Crippen LogP contribution in [0, 0.1) is 11.3 Å². The lowest BCUT2D eigenvalue weighted by Gasteiger charge is -2.09. The van der Waals surface area contributed by atoms with Gasteiger partial charge < -0.3 is 5.32 Å². The summed E-state index contributed by atoms with van der Waals surface area (Å²) in [6.07, 6.45) is 5.30. The number of fused-ring (bicyclic) bond motifs is 2. The predicted octanol–water partition coefficient (Wildman–Crippen LogP) is 4.41. The first-order chi connectivity index (χ1) is 14.1. The second-order valence-electron chi connectivity index (χ2n) is 6.80. The van der Waals surface area contributed by atoms with Gasteiger partial charge in [-0.1, -0.05) is 18.2 Å². The summed E-state index contributed by atoms with van der Waals surface area (Å²) in [6, 6.07) is 4.11. The van der Waals surface area contributed by atoms with Gasteiger partial charge in [-0.05, 0) is 49.6 Å². The van der Waals surface area contributed by atoms with Gasteiger partial charge in [0.25, 0.3) is 5.56 Å². The Bertz CT molecular complexity index is 1170. The molecule has 3 heterocycles. The lowest BCUT2D eigenvalue weighted by molar-refractivity contribution is -0.113. The minimum absolute atomic E-state index is 0.0656. The van der Waals surface area contributed by atoms with Crippen molar-refractivity contribution in [1.29, 1.82) is 5.26 Å². The first-order valence-corrected chi connectivity index (χ1v) is 12.3. The molecule has 29 heavy (non-hydrogen) atoms. The number of rotatable bonds is 5. The molecule has 1 amide bonds. The van der Waals surface area contributed by atoms with Gasteiger partial charge in [0.15, 0.2) is 5.16 Å². The molecule has 3 aromatic rings. The van der Waals surface area contributed by atoms with Crippen LogP contribution in [0.2, 0.25) is 0 Å². The number of nitriles is 1. The highest BCUT2D eigenvalue weighted by Gasteiger charge is 2.21. The van der Waals surface area contributed by atoms with Crippen LogP contribution in [0.15, 0.2) is 21.4 Å². The minimum atomic E-state index is -0.190. The quantitative estimate of drug-likeness (QED) is 0.358. The maximum Gasteiger partial charge on any atom is 0.272 e. The number of nitrogens with one attached hydrogen (secondary N) is 1. The number of amides is 1. The van der Waals surface area contributed by atoms with Gasteiger partial charge in [0, 0.05) is 11.4 Å². The molecule has 0 bridgehead atoms. The molecule has 0 saturated heterocycles. The third-order valence-corrected chi connectivity index (χ3v) is 8.04. The molecule has 0 unspecified atom stereocenters. The predicted molar refractivity (Wildman–Crippen MR) is 119 cm³/mol. The van der Waals surface area contributed by atoms with E-state index in [0.29, 0.717) is 32.5 Å². The van der Waals surface area contributed by atoms with E-state index in [1.54, 1.807) is 4.57 Å². The van der Waals surface area contributed by atoms with Crippen LogP contribution in [0.3, 0.4) is 0 Å². The third-order valence-electron chi connectivity index (χ3n) is 4.97. The van der Waals surface area contributed by atoms with Gasteiger partial charge in [0.2, 0.25) is 5.91 Å². The Hall–Kier alpha value is -2.15. The first-order valence-electron chi connectivity index (χ1n) is 9.57. The van der Waals surface area contributed by atoms with E-state index in [1.807, 2.05) is 18.4 Å². The highest BCUT2D eigenvalue weighted by molar-refractivity contribution is 7.99. The number of thioether (sulfide) groups is 1. The van der Waals surface area contributed by atoms with Crippen molar-refractivity contribution in [3.63, 3.8) is 0 Å². The zero-order valence-corrected chi connectivity index (χ0v) is 18.4. The molecule has 0 fully saturated rings. The van der Waals surface area contributed by atoms with Gasteiger partial charge in [-0.15, -0.1) is 22.7 Å². The van der Waals surface area contributed by atoms with E-state index < -0.39 is 0 Å². The van der Waals surface area contributed by atoms with E-state index in [-0.39, 0.29) is 17.2 Å². The summed E-state index contributed by atoms with van der Waals surface area (Å²) in [4.78, 5) is 30.9. The summed E-state index contributed by atoms with van der Waals surface area (Å²) < 4.78 is 2.24. The minimum Gasteiger partial charge on any atom is -0.316 e. The van der Waals surface area contributed by atoms with Crippen molar-refractivity contribution in [3.05, 3.63) is 37.8 Å². The summed E-state index contributed by atoms with van der Waals surface area (Å²) in [6.45, 7) is 2.39. The van der Waals surface area contributed by atoms with Gasteiger partial charge in [0.1, 0.15) is 15.8 Å². The number of anilines is 1. The number of aromatic nitrogens is 2. The van der Waals surface area contributed by atoms with Crippen LogP contribution in [-0.4, -0.2) is 21.2 Å². The highest BCUT2D eigenvalue weighted by atomic mass is 32.2. The van der Waals surface area contributed by atoms with Crippen LogP contribution < -0.4 is 10.9 Å².